The Balaban J connectivity index is 2.59. The molecule has 1 aromatic rings. The number of carbonyl (C=O) groups excluding carboxylic acids is 1. The van der Waals surface area contributed by atoms with Gasteiger partial charge < -0.3 is 5.32 Å². The van der Waals surface area contributed by atoms with Crippen LogP contribution in [0, 0.1) is 6.92 Å². The van der Waals surface area contributed by atoms with Gasteiger partial charge in [0.05, 0.1) is 6.54 Å². The summed E-state index contributed by atoms with van der Waals surface area (Å²) in [6, 6.07) is 0.354. The van der Waals surface area contributed by atoms with Crippen molar-refractivity contribution < 1.29 is 4.79 Å². The summed E-state index contributed by atoms with van der Waals surface area (Å²) in [6.45, 7) is 8.51. The van der Waals surface area contributed by atoms with E-state index in [1.54, 1.807) is 0 Å². The van der Waals surface area contributed by atoms with Crippen LogP contribution >= 0.6 is 0 Å². The van der Waals surface area contributed by atoms with Crippen molar-refractivity contribution >= 4 is 11.7 Å². The Morgan fingerprint density at radius 2 is 2.18 bits per heavy atom. The molecule has 0 aromatic carbocycles. The Morgan fingerprint density at radius 3 is 2.65 bits per heavy atom. The first kappa shape index (κ1) is 13.7. The molecule has 0 fully saturated rings. The fraction of sp³-hybridized carbons (Fsp3) is 0.667. The quantitative estimate of drug-likeness (QED) is 0.818. The van der Waals surface area contributed by atoms with E-state index in [1.807, 2.05) is 18.9 Å². The number of likely N-dealkylation sites (N-methyl/N-ethyl adjacent to an activating group) is 1. The van der Waals surface area contributed by atoms with E-state index in [9.17, 15) is 4.79 Å². The Hall–Kier alpha value is -1.36. The molecule has 0 aliphatic heterocycles. The fourth-order valence-corrected chi connectivity index (χ4v) is 1.48. The third-order valence-corrected chi connectivity index (χ3v) is 3.00. The number of hydrogen-bond acceptors (Lipinski definition) is 3. The third-order valence-electron chi connectivity index (χ3n) is 3.00. The number of aromatic amines is 1. The highest BCUT2D eigenvalue weighted by Gasteiger charge is 2.13. The van der Waals surface area contributed by atoms with E-state index in [0.29, 0.717) is 18.4 Å². The van der Waals surface area contributed by atoms with E-state index in [4.69, 9.17) is 0 Å². The molecule has 0 spiro atoms. The molecule has 0 bridgehead atoms. The average molecular weight is 238 g/mol. The van der Waals surface area contributed by atoms with Crippen molar-refractivity contribution in [3.05, 3.63) is 11.3 Å². The van der Waals surface area contributed by atoms with Gasteiger partial charge in [0.25, 0.3) is 0 Å². The van der Waals surface area contributed by atoms with Crippen molar-refractivity contribution in [3.8, 4) is 0 Å². The summed E-state index contributed by atoms with van der Waals surface area (Å²) in [7, 11) is 1.93. The normalized spacial score (nSPS) is 11.2. The van der Waals surface area contributed by atoms with Crippen molar-refractivity contribution in [2.24, 2.45) is 0 Å². The Morgan fingerprint density at radius 1 is 1.53 bits per heavy atom. The van der Waals surface area contributed by atoms with Crippen LogP contribution in [0.5, 0.6) is 0 Å². The van der Waals surface area contributed by atoms with E-state index in [0.717, 1.165) is 17.7 Å². The second kappa shape index (κ2) is 5.82. The zero-order chi connectivity index (χ0) is 13.0. The fourth-order valence-electron chi connectivity index (χ4n) is 1.48. The van der Waals surface area contributed by atoms with Crippen molar-refractivity contribution in [1.82, 2.24) is 15.1 Å². The molecule has 1 amide bonds. The van der Waals surface area contributed by atoms with Crippen molar-refractivity contribution in [3.63, 3.8) is 0 Å². The molecule has 96 valence electrons. The van der Waals surface area contributed by atoms with Crippen LogP contribution in [0.25, 0.3) is 0 Å². The monoisotopic (exact) mass is 238 g/mol. The van der Waals surface area contributed by atoms with Gasteiger partial charge in [-0.3, -0.25) is 14.8 Å². The van der Waals surface area contributed by atoms with Crippen LogP contribution in [0.15, 0.2) is 0 Å². The molecule has 0 saturated heterocycles. The maximum absolute atomic E-state index is 11.8. The van der Waals surface area contributed by atoms with E-state index in [-0.39, 0.29) is 5.91 Å². The van der Waals surface area contributed by atoms with E-state index >= 15 is 0 Å². The molecular weight excluding hydrogens is 216 g/mol. The van der Waals surface area contributed by atoms with Gasteiger partial charge in [0.1, 0.15) is 0 Å². The lowest BCUT2D eigenvalue weighted by molar-refractivity contribution is -0.117. The minimum atomic E-state index is -0.0292. The molecule has 0 unspecified atom stereocenters. The number of rotatable bonds is 5. The van der Waals surface area contributed by atoms with Gasteiger partial charge in [0.2, 0.25) is 5.91 Å². The van der Waals surface area contributed by atoms with E-state index < -0.39 is 0 Å². The summed E-state index contributed by atoms with van der Waals surface area (Å²) >= 11 is 0. The minimum absolute atomic E-state index is 0.0292. The number of aryl methyl sites for hydroxylation is 1. The van der Waals surface area contributed by atoms with Gasteiger partial charge in [0, 0.05) is 17.3 Å². The lowest BCUT2D eigenvalue weighted by Gasteiger charge is -2.19. The van der Waals surface area contributed by atoms with E-state index in [2.05, 4.69) is 36.3 Å². The van der Waals surface area contributed by atoms with Crippen LogP contribution in [0.4, 0.5) is 5.82 Å². The molecular formula is C12H22N4O. The molecule has 1 aromatic heterocycles. The third kappa shape index (κ3) is 3.56. The van der Waals surface area contributed by atoms with Crippen LogP contribution in [-0.4, -0.2) is 40.6 Å². The van der Waals surface area contributed by atoms with E-state index in [1.165, 1.54) is 0 Å². The number of H-pyrrole nitrogens is 1. The Labute approximate surface area is 103 Å². The van der Waals surface area contributed by atoms with Crippen LogP contribution in [0.2, 0.25) is 0 Å². The number of aromatic nitrogens is 2. The second-order valence-electron chi connectivity index (χ2n) is 4.59. The van der Waals surface area contributed by atoms with Crippen LogP contribution in [-0.2, 0) is 11.2 Å². The van der Waals surface area contributed by atoms with Gasteiger partial charge in [-0.1, -0.05) is 6.92 Å². The average Bonchev–Trinajstić information content (AvgIpc) is 2.59. The molecule has 0 aliphatic rings. The summed E-state index contributed by atoms with van der Waals surface area (Å²) in [5.74, 6) is 0.613. The van der Waals surface area contributed by atoms with Crippen LogP contribution in [0.1, 0.15) is 32.0 Å². The zero-order valence-electron chi connectivity index (χ0n) is 11.3. The van der Waals surface area contributed by atoms with Gasteiger partial charge in [-0.2, -0.15) is 5.10 Å². The van der Waals surface area contributed by atoms with Gasteiger partial charge >= 0.3 is 0 Å². The molecule has 1 rings (SSSR count). The minimum Gasteiger partial charge on any atom is -0.308 e. The molecule has 5 heteroatoms. The summed E-state index contributed by atoms with van der Waals surface area (Å²) in [4.78, 5) is 13.8. The number of carbonyl (C=O) groups is 1. The Bertz CT molecular complexity index is 384. The molecule has 0 saturated carbocycles. The standard InChI is InChI=1S/C12H22N4O/c1-6-10-9(4)12(15-14-10)13-11(17)7-16(5)8(2)3/h8H,6-7H2,1-5H3,(H2,13,14,15,17). The zero-order valence-corrected chi connectivity index (χ0v) is 11.3. The Kier molecular flexibility index (Phi) is 4.69. The predicted octanol–water partition coefficient (Wildman–Crippen LogP) is 1.56. The maximum Gasteiger partial charge on any atom is 0.239 e. The van der Waals surface area contributed by atoms with Gasteiger partial charge in [0.15, 0.2) is 5.82 Å². The highest BCUT2D eigenvalue weighted by molar-refractivity contribution is 5.92. The van der Waals surface area contributed by atoms with Crippen molar-refractivity contribution in [1.29, 1.82) is 0 Å². The number of anilines is 1. The molecule has 1 heterocycles. The second-order valence-corrected chi connectivity index (χ2v) is 4.59. The number of nitrogens with one attached hydrogen (secondary N) is 2. The lowest BCUT2D eigenvalue weighted by atomic mass is 10.2. The molecule has 17 heavy (non-hydrogen) atoms. The first-order valence-corrected chi connectivity index (χ1v) is 5.99. The first-order valence-electron chi connectivity index (χ1n) is 5.99. The molecule has 0 aliphatic carbocycles. The topological polar surface area (TPSA) is 61.0 Å². The smallest absolute Gasteiger partial charge is 0.239 e. The molecule has 5 nitrogen and oxygen atoms in total. The van der Waals surface area contributed by atoms with Gasteiger partial charge in [-0.05, 0) is 34.2 Å². The highest BCUT2D eigenvalue weighted by Crippen LogP contribution is 2.15. The highest BCUT2D eigenvalue weighted by atomic mass is 16.2. The van der Waals surface area contributed by atoms with Gasteiger partial charge in [-0.25, -0.2) is 0 Å². The van der Waals surface area contributed by atoms with Crippen LogP contribution < -0.4 is 5.32 Å². The number of nitrogens with zero attached hydrogens (tertiary/aromatic N) is 2. The SMILES string of the molecule is CCc1[nH]nc(NC(=O)CN(C)C(C)C)c1C. The van der Waals surface area contributed by atoms with Crippen LogP contribution in [0.3, 0.4) is 0 Å². The molecule has 2 N–H and O–H groups in total. The van der Waals surface area contributed by atoms with Crippen molar-refractivity contribution in [2.75, 3.05) is 18.9 Å². The first-order chi connectivity index (χ1) is 7.95. The summed E-state index contributed by atoms with van der Waals surface area (Å²) in [5, 5.41) is 9.86. The summed E-state index contributed by atoms with van der Waals surface area (Å²) < 4.78 is 0. The largest absolute Gasteiger partial charge is 0.308 e. The summed E-state index contributed by atoms with van der Waals surface area (Å²) in [6.07, 6.45) is 0.889. The maximum atomic E-state index is 11.8. The van der Waals surface area contributed by atoms with Crippen molar-refractivity contribution in [2.45, 2.75) is 40.2 Å². The van der Waals surface area contributed by atoms with Gasteiger partial charge in [-0.15, -0.1) is 0 Å². The number of amides is 1. The lowest BCUT2D eigenvalue weighted by Crippen LogP contribution is -2.34. The molecule has 0 atom stereocenters. The predicted molar refractivity (Wildman–Crippen MR) is 69.1 cm³/mol. The molecule has 0 radical (unpaired) electrons. The summed E-state index contributed by atoms with van der Waals surface area (Å²) in [5.41, 5.74) is 2.09. The number of hydrogen-bond donors (Lipinski definition) is 2.